The van der Waals surface area contributed by atoms with Crippen molar-refractivity contribution in [2.45, 2.75) is 6.92 Å². The average Bonchev–Trinajstić information content (AvgIpc) is 3.22. The minimum Gasteiger partial charge on any atom is -0.436 e. The molecular weight excluding hydrogens is 406 g/mol. The highest BCUT2D eigenvalue weighted by Crippen LogP contribution is 2.31. The molecular formula is C25H17N3O4. The number of amides is 1. The van der Waals surface area contributed by atoms with E-state index < -0.39 is 10.8 Å². The Morgan fingerprint density at radius 1 is 1.00 bits per heavy atom. The van der Waals surface area contributed by atoms with E-state index in [2.05, 4.69) is 10.3 Å². The predicted molar refractivity (Wildman–Crippen MR) is 123 cm³/mol. The fourth-order valence-corrected chi connectivity index (χ4v) is 3.68. The Morgan fingerprint density at radius 2 is 1.81 bits per heavy atom. The number of nitrogens with one attached hydrogen (secondary N) is 1. The minimum atomic E-state index is -0.498. The lowest BCUT2D eigenvalue weighted by atomic mass is 10.0. The molecule has 32 heavy (non-hydrogen) atoms. The predicted octanol–water partition coefficient (Wildman–Crippen LogP) is 6.12. The van der Waals surface area contributed by atoms with Gasteiger partial charge in [-0.15, -0.1) is 0 Å². The first-order chi connectivity index (χ1) is 15.5. The maximum atomic E-state index is 12.6. The van der Waals surface area contributed by atoms with Gasteiger partial charge < -0.3 is 9.73 Å². The number of carbonyl (C=O) groups excluding carboxylic acids is 1. The van der Waals surface area contributed by atoms with Gasteiger partial charge in [-0.3, -0.25) is 14.9 Å². The van der Waals surface area contributed by atoms with Crippen LogP contribution in [0.5, 0.6) is 0 Å². The zero-order valence-corrected chi connectivity index (χ0v) is 17.0. The van der Waals surface area contributed by atoms with Crippen LogP contribution in [0.3, 0.4) is 0 Å². The number of rotatable bonds is 4. The molecule has 0 saturated carbocycles. The van der Waals surface area contributed by atoms with Crippen LogP contribution in [0.1, 0.15) is 15.9 Å². The van der Waals surface area contributed by atoms with Gasteiger partial charge in [0.25, 0.3) is 11.6 Å². The number of oxazole rings is 1. The minimum absolute atomic E-state index is 0.0932. The summed E-state index contributed by atoms with van der Waals surface area (Å²) in [5.74, 6) is 0.0552. The van der Waals surface area contributed by atoms with E-state index in [4.69, 9.17) is 4.42 Å². The molecule has 0 fully saturated rings. The van der Waals surface area contributed by atoms with Gasteiger partial charge in [-0.25, -0.2) is 4.98 Å². The van der Waals surface area contributed by atoms with Crippen LogP contribution in [0.15, 0.2) is 83.3 Å². The summed E-state index contributed by atoms with van der Waals surface area (Å²) in [5.41, 5.74) is 3.21. The summed E-state index contributed by atoms with van der Waals surface area (Å²) >= 11 is 0. The number of fused-ring (bicyclic) bond motifs is 2. The third-order valence-electron chi connectivity index (χ3n) is 5.33. The van der Waals surface area contributed by atoms with Gasteiger partial charge in [0, 0.05) is 28.4 Å². The van der Waals surface area contributed by atoms with E-state index in [9.17, 15) is 14.9 Å². The molecule has 0 aliphatic heterocycles. The van der Waals surface area contributed by atoms with E-state index in [1.165, 1.54) is 6.07 Å². The molecule has 1 heterocycles. The Balaban J connectivity index is 1.46. The maximum Gasteiger partial charge on any atom is 0.273 e. The summed E-state index contributed by atoms with van der Waals surface area (Å²) < 4.78 is 5.96. The zero-order chi connectivity index (χ0) is 22.2. The first-order valence-corrected chi connectivity index (χ1v) is 9.95. The molecule has 7 heteroatoms. The molecule has 156 valence electrons. The zero-order valence-electron chi connectivity index (χ0n) is 17.0. The summed E-state index contributed by atoms with van der Waals surface area (Å²) in [5, 5.41) is 16.1. The highest BCUT2D eigenvalue weighted by Gasteiger charge is 2.16. The number of benzene rings is 4. The van der Waals surface area contributed by atoms with Crippen LogP contribution < -0.4 is 5.32 Å². The van der Waals surface area contributed by atoms with E-state index in [1.54, 1.807) is 37.3 Å². The van der Waals surface area contributed by atoms with Crippen molar-refractivity contribution in [1.29, 1.82) is 0 Å². The van der Waals surface area contributed by atoms with Crippen molar-refractivity contribution in [1.82, 2.24) is 4.98 Å². The number of aromatic nitrogens is 1. The number of anilines is 1. The highest BCUT2D eigenvalue weighted by molar-refractivity contribution is 6.05. The van der Waals surface area contributed by atoms with Crippen molar-refractivity contribution >= 4 is 39.2 Å². The van der Waals surface area contributed by atoms with E-state index in [1.807, 2.05) is 42.5 Å². The van der Waals surface area contributed by atoms with Gasteiger partial charge in [0.2, 0.25) is 5.89 Å². The van der Waals surface area contributed by atoms with Crippen molar-refractivity contribution in [3.8, 4) is 11.5 Å². The molecule has 1 aromatic heterocycles. The number of hydrogen-bond acceptors (Lipinski definition) is 5. The lowest BCUT2D eigenvalue weighted by molar-refractivity contribution is -0.385. The molecule has 5 rings (SSSR count). The molecule has 0 atom stereocenters. The average molecular weight is 423 g/mol. The molecule has 0 aliphatic carbocycles. The lowest BCUT2D eigenvalue weighted by Gasteiger charge is -2.06. The SMILES string of the molecule is Cc1ccc(C(=O)Nc2ccc3oc(-c4cccc5ccccc45)nc3c2)cc1[N+](=O)[O-]. The van der Waals surface area contributed by atoms with E-state index >= 15 is 0 Å². The van der Waals surface area contributed by atoms with Crippen LogP contribution >= 0.6 is 0 Å². The lowest BCUT2D eigenvalue weighted by Crippen LogP contribution is -2.12. The summed E-state index contributed by atoms with van der Waals surface area (Å²) in [6.45, 7) is 1.63. The molecule has 0 radical (unpaired) electrons. The molecule has 0 aliphatic rings. The highest BCUT2D eigenvalue weighted by atomic mass is 16.6. The number of nitro benzene ring substituents is 1. The second kappa shape index (κ2) is 7.63. The second-order valence-electron chi connectivity index (χ2n) is 7.44. The van der Waals surface area contributed by atoms with Gasteiger partial charge in [-0.2, -0.15) is 0 Å². The second-order valence-corrected chi connectivity index (χ2v) is 7.44. The van der Waals surface area contributed by atoms with Crippen LogP contribution in [-0.2, 0) is 0 Å². The summed E-state index contributed by atoms with van der Waals surface area (Å²) in [6, 6.07) is 23.5. The van der Waals surface area contributed by atoms with Gasteiger partial charge in [-0.05, 0) is 48.0 Å². The quantitative estimate of drug-likeness (QED) is 0.277. The van der Waals surface area contributed by atoms with Crippen molar-refractivity contribution in [2.75, 3.05) is 5.32 Å². The first-order valence-electron chi connectivity index (χ1n) is 9.95. The van der Waals surface area contributed by atoms with Gasteiger partial charge in [-0.1, -0.05) is 42.5 Å². The Labute approximate surface area is 182 Å². The number of nitro groups is 1. The van der Waals surface area contributed by atoms with Crippen molar-refractivity contribution in [2.24, 2.45) is 0 Å². The van der Waals surface area contributed by atoms with Crippen LogP contribution in [0, 0.1) is 17.0 Å². The Hall–Kier alpha value is -4.52. The van der Waals surface area contributed by atoms with Gasteiger partial charge >= 0.3 is 0 Å². The van der Waals surface area contributed by atoms with Crippen LogP contribution in [0.4, 0.5) is 11.4 Å². The number of carbonyl (C=O) groups is 1. The Kier molecular flexibility index (Phi) is 4.63. The topological polar surface area (TPSA) is 98.3 Å². The van der Waals surface area contributed by atoms with Crippen LogP contribution in [-0.4, -0.2) is 15.8 Å². The van der Waals surface area contributed by atoms with Crippen molar-refractivity contribution in [3.63, 3.8) is 0 Å². The molecule has 5 aromatic rings. The first kappa shape index (κ1) is 19.4. The smallest absolute Gasteiger partial charge is 0.273 e. The maximum absolute atomic E-state index is 12.6. The Morgan fingerprint density at radius 3 is 2.66 bits per heavy atom. The van der Waals surface area contributed by atoms with Crippen molar-refractivity contribution < 1.29 is 14.1 Å². The fourth-order valence-electron chi connectivity index (χ4n) is 3.68. The van der Waals surface area contributed by atoms with Gasteiger partial charge in [0.05, 0.1) is 4.92 Å². The molecule has 1 amide bonds. The van der Waals surface area contributed by atoms with Gasteiger partial charge in [0.1, 0.15) is 5.52 Å². The monoisotopic (exact) mass is 423 g/mol. The molecule has 0 bridgehead atoms. The van der Waals surface area contributed by atoms with E-state index in [0.29, 0.717) is 28.2 Å². The summed E-state index contributed by atoms with van der Waals surface area (Å²) in [6.07, 6.45) is 0. The Bertz CT molecular complexity index is 1520. The largest absolute Gasteiger partial charge is 0.436 e. The van der Waals surface area contributed by atoms with Crippen LogP contribution in [0.25, 0.3) is 33.3 Å². The third kappa shape index (κ3) is 3.45. The molecule has 4 aromatic carbocycles. The number of hydrogen-bond donors (Lipinski definition) is 1. The number of nitrogens with zero attached hydrogens (tertiary/aromatic N) is 2. The fraction of sp³-hybridized carbons (Fsp3) is 0.0400. The van der Waals surface area contributed by atoms with E-state index in [0.717, 1.165) is 16.3 Å². The summed E-state index contributed by atoms with van der Waals surface area (Å²) in [4.78, 5) is 27.9. The molecule has 0 spiro atoms. The summed E-state index contributed by atoms with van der Waals surface area (Å²) in [7, 11) is 0. The van der Waals surface area contributed by atoms with Gasteiger partial charge in [0.15, 0.2) is 5.58 Å². The molecule has 0 saturated heterocycles. The van der Waals surface area contributed by atoms with Crippen molar-refractivity contribution in [3.05, 3.63) is 100 Å². The van der Waals surface area contributed by atoms with E-state index in [-0.39, 0.29) is 11.3 Å². The molecule has 1 N–H and O–H groups in total. The molecule has 7 nitrogen and oxygen atoms in total. The number of aryl methyl sites for hydroxylation is 1. The normalized spacial score (nSPS) is 11.0. The van der Waals surface area contributed by atoms with Crippen LogP contribution in [0.2, 0.25) is 0 Å². The third-order valence-corrected chi connectivity index (χ3v) is 5.33. The molecule has 0 unspecified atom stereocenters. The standard InChI is InChI=1S/C25H17N3O4/c1-15-9-10-17(13-22(15)28(30)31)24(29)26-18-11-12-23-21(14-18)27-25(32-23)20-8-4-6-16-5-2-3-7-19(16)20/h2-14H,1H3,(H,26,29).